The minimum absolute atomic E-state index is 0.0203. The fourth-order valence-electron chi connectivity index (χ4n) is 3.93. The molecule has 2 heteroatoms. The van der Waals surface area contributed by atoms with Crippen molar-refractivity contribution >= 4 is 11.6 Å². The topological polar surface area (TPSA) is 44.0 Å². The van der Waals surface area contributed by atoms with Crippen molar-refractivity contribution in [3.05, 3.63) is 70.3 Å². The molecule has 0 spiro atoms. The smallest absolute Gasteiger partial charge is 0.0991 e. The summed E-state index contributed by atoms with van der Waals surface area (Å²) in [4.78, 5) is 0. The van der Waals surface area contributed by atoms with E-state index in [1.807, 2.05) is 24.3 Å². The number of fused-ring (bicyclic) bond motifs is 1. The van der Waals surface area contributed by atoms with Crippen LogP contribution < -0.4 is 0 Å². The SMILES string of the molecule is C/C(=C\c1ccc(C#N)cc1)c1ccc2c(c1)C(C)(C)C(O)CC2(C)C. The van der Waals surface area contributed by atoms with Gasteiger partial charge in [-0.15, -0.1) is 0 Å². The van der Waals surface area contributed by atoms with E-state index in [1.165, 1.54) is 22.3 Å². The summed E-state index contributed by atoms with van der Waals surface area (Å²) in [5.74, 6) is 0. The van der Waals surface area contributed by atoms with Gasteiger partial charge in [0.05, 0.1) is 17.7 Å². The fraction of sp³-hybridized carbons (Fsp3) is 0.375. The van der Waals surface area contributed by atoms with E-state index in [0.717, 1.165) is 12.0 Å². The van der Waals surface area contributed by atoms with Gasteiger partial charge < -0.3 is 5.11 Å². The lowest BCUT2D eigenvalue weighted by Crippen LogP contribution is -2.45. The Hall–Kier alpha value is -2.37. The van der Waals surface area contributed by atoms with Crippen LogP contribution in [-0.4, -0.2) is 11.2 Å². The second-order valence-electron chi connectivity index (χ2n) is 8.65. The van der Waals surface area contributed by atoms with E-state index in [9.17, 15) is 5.11 Å². The minimum Gasteiger partial charge on any atom is -0.392 e. The third-order valence-corrected chi connectivity index (χ3v) is 5.86. The van der Waals surface area contributed by atoms with E-state index in [2.05, 4.69) is 65.0 Å². The van der Waals surface area contributed by atoms with Crippen LogP contribution in [0.4, 0.5) is 0 Å². The molecule has 3 rings (SSSR count). The Morgan fingerprint density at radius 1 is 1.08 bits per heavy atom. The first-order chi connectivity index (χ1) is 12.1. The molecule has 2 nitrogen and oxygen atoms in total. The molecule has 0 fully saturated rings. The molecule has 26 heavy (non-hydrogen) atoms. The predicted molar refractivity (Wildman–Crippen MR) is 108 cm³/mol. The lowest BCUT2D eigenvalue weighted by Gasteiger charge is -2.45. The average molecular weight is 345 g/mol. The van der Waals surface area contributed by atoms with Gasteiger partial charge in [-0.05, 0) is 58.7 Å². The van der Waals surface area contributed by atoms with Crippen molar-refractivity contribution in [3.8, 4) is 6.07 Å². The maximum absolute atomic E-state index is 10.7. The number of hydrogen-bond donors (Lipinski definition) is 1. The highest BCUT2D eigenvalue weighted by atomic mass is 16.3. The first kappa shape index (κ1) is 18.4. The molecule has 0 bridgehead atoms. The van der Waals surface area contributed by atoms with E-state index in [1.54, 1.807) is 0 Å². The highest BCUT2D eigenvalue weighted by molar-refractivity contribution is 5.81. The number of allylic oxidation sites excluding steroid dienone is 1. The third kappa shape index (κ3) is 3.20. The molecule has 1 atom stereocenters. The Labute approximate surface area is 156 Å². The number of hydrogen-bond acceptors (Lipinski definition) is 2. The van der Waals surface area contributed by atoms with Crippen LogP contribution in [0.1, 0.15) is 68.9 Å². The zero-order valence-electron chi connectivity index (χ0n) is 16.3. The predicted octanol–water partition coefficient (Wildman–Crippen LogP) is 5.44. The highest BCUT2D eigenvalue weighted by Gasteiger charge is 2.43. The van der Waals surface area contributed by atoms with E-state index in [4.69, 9.17) is 5.26 Å². The minimum atomic E-state index is -0.344. The fourth-order valence-corrected chi connectivity index (χ4v) is 3.93. The number of rotatable bonds is 2. The zero-order valence-corrected chi connectivity index (χ0v) is 16.3. The molecule has 1 aliphatic rings. The summed E-state index contributed by atoms with van der Waals surface area (Å²) >= 11 is 0. The largest absolute Gasteiger partial charge is 0.392 e. The van der Waals surface area contributed by atoms with Crippen molar-refractivity contribution < 1.29 is 5.11 Å². The third-order valence-electron chi connectivity index (χ3n) is 5.86. The summed E-state index contributed by atoms with van der Waals surface area (Å²) in [5.41, 5.74) is 6.40. The molecule has 0 radical (unpaired) electrons. The van der Waals surface area contributed by atoms with Crippen LogP contribution in [-0.2, 0) is 10.8 Å². The van der Waals surface area contributed by atoms with Gasteiger partial charge in [-0.3, -0.25) is 0 Å². The summed E-state index contributed by atoms with van der Waals surface area (Å²) in [7, 11) is 0. The van der Waals surface area contributed by atoms with Crippen molar-refractivity contribution in [3.63, 3.8) is 0 Å². The van der Waals surface area contributed by atoms with Gasteiger partial charge in [0.2, 0.25) is 0 Å². The molecule has 0 saturated heterocycles. The zero-order chi connectivity index (χ0) is 19.1. The number of nitrogens with zero attached hydrogens (tertiary/aromatic N) is 1. The van der Waals surface area contributed by atoms with Crippen molar-refractivity contribution in [2.24, 2.45) is 0 Å². The molecule has 1 N–H and O–H groups in total. The quantitative estimate of drug-likeness (QED) is 0.737. The van der Waals surface area contributed by atoms with Gasteiger partial charge in [-0.1, -0.05) is 64.1 Å². The normalized spacial score (nSPS) is 21.0. The van der Waals surface area contributed by atoms with Gasteiger partial charge in [0.1, 0.15) is 0 Å². The van der Waals surface area contributed by atoms with Crippen LogP contribution >= 0.6 is 0 Å². The molecule has 0 heterocycles. The Morgan fingerprint density at radius 2 is 1.73 bits per heavy atom. The summed E-state index contributed by atoms with van der Waals surface area (Å²) in [6.07, 6.45) is 2.58. The van der Waals surface area contributed by atoms with Gasteiger partial charge in [0.15, 0.2) is 0 Å². The van der Waals surface area contributed by atoms with Gasteiger partial charge in [-0.25, -0.2) is 0 Å². The molecule has 2 aromatic rings. The molecule has 2 aromatic carbocycles. The van der Waals surface area contributed by atoms with Crippen LogP contribution in [0.3, 0.4) is 0 Å². The number of aliphatic hydroxyl groups excluding tert-OH is 1. The highest BCUT2D eigenvalue weighted by Crippen LogP contribution is 2.46. The van der Waals surface area contributed by atoms with E-state index in [0.29, 0.717) is 5.56 Å². The molecule has 1 unspecified atom stereocenters. The first-order valence-corrected chi connectivity index (χ1v) is 9.17. The molecule has 134 valence electrons. The van der Waals surface area contributed by atoms with E-state index in [-0.39, 0.29) is 16.9 Å². The molecule has 0 amide bonds. The van der Waals surface area contributed by atoms with Gasteiger partial charge in [-0.2, -0.15) is 5.26 Å². The van der Waals surface area contributed by atoms with Crippen molar-refractivity contribution in [1.82, 2.24) is 0 Å². The lowest BCUT2D eigenvalue weighted by atomic mass is 9.61. The van der Waals surface area contributed by atoms with Crippen LogP contribution in [0.5, 0.6) is 0 Å². The summed E-state index contributed by atoms with van der Waals surface area (Å²) < 4.78 is 0. The van der Waals surface area contributed by atoms with Gasteiger partial charge >= 0.3 is 0 Å². The van der Waals surface area contributed by atoms with Crippen LogP contribution in [0, 0.1) is 11.3 Å². The molecule has 0 aliphatic heterocycles. The van der Waals surface area contributed by atoms with Gasteiger partial charge in [0.25, 0.3) is 0 Å². The average Bonchev–Trinajstić information content (AvgIpc) is 2.60. The first-order valence-electron chi connectivity index (χ1n) is 9.17. The Bertz CT molecular complexity index is 895. The van der Waals surface area contributed by atoms with Crippen molar-refractivity contribution in [1.29, 1.82) is 5.26 Å². The van der Waals surface area contributed by atoms with Crippen LogP contribution in [0.25, 0.3) is 11.6 Å². The molecule has 1 aliphatic carbocycles. The Balaban J connectivity index is 2.03. The maximum Gasteiger partial charge on any atom is 0.0991 e. The number of benzene rings is 2. The standard InChI is InChI=1S/C24H27NO/c1-16(12-17-6-8-18(15-25)9-7-17)19-10-11-20-21(13-19)24(4,5)22(26)14-23(20,2)3/h6-13,22,26H,14H2,1-5H3/b16-12+. The van der Waals surface area contributed by atoms with Gasteiger partial charge in [0, 0.05) is 5.41 Å². The van der Waals surface area contributed by atoms with E-state index >= 15 is 0 Å². The molecule has 0 aromatic heterocycles. The maximum atomic E-state index is 10.7. The molecular weight excluding hydrogens is 318 g/mol. The van der Waals surface area contributed by atoms with Crippen molar-refractivity contribution in [2.75, 3.05) is 0 Å². The Kier molecular flexibility index (Phi) is 4.54. The lowest BCUT2D eigenvalue weighted by molar-refractivity contribution is 0.0583. The number of aliphatic hydroxyl groups is 1. The van der Waals surface area contributed by atoms with Crippen molar-refractivity contribution in [2.45, 2.75) is 58.0 Å². The van der Waals surface area contributed by atoms with Crippen LogP contribution in [0.15, 0.2) is 42.5 Å². The summed E-state index contributed by atoms with van der Waals surface area (Å²) in [6.45, 7) is 10.8. The molecular formula is C24H27NO. The monoisotopic (exact) mass is 345 g/mol. The summed E-state index contributed by atoms with van der Waals surface area (Å²) in [5, 5.41) is 19.6. The van der Waals surface area contributed by atoms with E-state index < -0.39 is 0 Å². The second kappa shape index (κ2) is 6.41. The number of nitriles is 1. The molecule has 0 saturated carbocycles. The summed E-state index contributed by atoms with van der Waals surface area (Å²) in [6, 6.07) is 16.4. The Morgan fingerprint density at radius 3 is 2.35 bits per heavy atom. The second-order valence-corrected chi connectivity index (χ2v) is 8.65. The van der Waals surface area contributed by atoms with Crippen LogP contribution in [0.2, 0.25) is 0 Å².